The Morgan fingerprint density at radius 2 is 2.00 bits per heavy atom. The van der Waals surface area contributed by atoms with Gasteiger partial charge in [0.1, 0.15) is 6.79 Å². The monoisotopic (exact) mass is 307 g/mol. The number of amides is 1. The van der Waals surface area contributed by atoms with Gasteiger partial charge in [-0.2, -0.15) is 0 Å². The van der Waals surface area contributed by atoms with Gasteiger partial charge in [-0.3, -0.25) is 5.32 Å². The average molecular weight is 308 g/mol. The molecule has 0 radical (unpaired) electrons. The van der Waals surface area contributed by atoms with Gasteiger partial charge in [-0.25, -0.2) is 4.79 Å². The van der Waals surface area contributed by atoms with Crippen LogP contribution in [0.5, 0.6) is 0 Å². The second-order valence-electron chi connectivity index (χ2n) is 3.76. The lowest BCUT2D eigenvalue weighted by atomic mass is 9.99. The molecule has 1 aromatic carbocycles. The zero-order chi connectivity index (χ0) is 14.5. The second kappa shape index (κ2) is 6.96. The van der Waals surface area contributed by atoms with Crippen molar-refractivity contribution in [1.29, 1.82) is 0 Å². The van der Waals surface area contributed by atoms with E-state index >= 15 is 0 Å². The van der Waals surface area contributed by atoms with E-state index in [1.807, 2.05) is 0 Å². The summed E-state index contributed by atoms with van der Waals surface area (Å²) >= 11 is 12.2. The topological polar surface area (TPSA) is 67.8 Å². The van der Waals surface area contributed by atoms with Crippen molar-refractivity contribution in [3.8, 4) is 0 Å². The highest BCUT2D eigenvalue weighted by Gasteiger charge is 2.37. The van der Waals surface area contributed by atoms with Gasteiger partial charge in [0.05, 0.1) is 10.0 Å². The van der Waals surface area contributed by atoms with Crippen LogP contribution >= 0.6 is 23.2 Å². The van der Waals surface area contributed by atoms with Crippen LogP contribution in [0, 0.1) is 0 Å². The molecule has 0 heterocycles. The number of rotatable bonds is 6. The SMILES string of the molecule is CC[C@@](NC(=O)O)(OCOC)c1c(Cl)cccc1Cl. The molecule has 0 spiro atoms. The lowest BCUT2D eigenvalue weighted by molar-refractivity contribution is -0.149. The molecule has 106 valence electrons. The van der Waals surface area contributed by atoms with Crippen molar-refractivity contribution in [2.24, 2.45) is 0 Å². The molecule has 0 aromatic heterocycles. The molecule has 1 atom stereocenters. The van der Waals surface area contributed by atoms with Crippen LogP contribution in [-0.4, -0.2) is 25.1 Å². The van der Waals surface area contributed by atoms with Crippen molar-refractivity contribution in [2.45, 2.75) is 19.1 Å². The van der Waals surface area contributed by atoms with E-state index in [2.05, 4.69) is 5.32 Å². The zero-order valence-electron chi connectivity index (χ0n) is 10.6. The van der Waals surface area contributed by atoms with Crippen molar-refractivity contribution in [2.75, 3.05) is 13.9 Å². The van der Waals surface area contributed by atoms with Crippen LogP contribution in [0.3, 0.4) is 0 Å². The molecule has 0 bridgehead atoms. The quantitative estimate of drug-likeness (QED) is 0.790. The Hall–Kier alpha value is -1.01. The van der Waals surface area contributed by atoms with Crippen molar-refractivity contribution >= 4 is 29.3 Å². The minimum atomic E-state index is -1.35. The third-order valence-corrected chi connectivity index (χ3v) is 3.23. The fourth-order valence-electron chi connectivity index (χ4n) is 1.75. The Kier molecular flexibility index (Phi) is 5.87. The van der Waals surface area contributed by atoms with Gasteiger partial charge in [0.2, 0.25) is 0 Å². The Labute approximate surface area is 121 Å². The molecule has 1 aromatic rings. The Balaban J connectivity index is 3.31. The number of nitrogens with one attached hydrogen (secondary N) is 1. The standard InChI is InChI=1S/C12H15Cl2NO4/c1-3-12(15-11(16)17,19-7-18-2)10-8(13)5-4-6-9(10)14/h4-6,15H,3,7H2,1-2H3,(H,16,17)/t12-/m1/s1. The number of hydrogen-bond donors (Lipinski definition) is 2. The molecule has 7 heteroatoms. The van der Waals surface area contributed by atoms with Crippen molar-refractivity contribution in [1.82, 2.24) is 5.32 Å². The van der Waals surface area contributed by atoms with E-state index in [0.717, 1.165) is 0 Å². The lowest BCUT2D eigenvalue weighted by Crippen LogP contribution is -2.48. The van der Waals surface area contributed by atoms with Gasteiger partial charge >= 0.3 is 6.09 Å². The number of carboxylic acid groups (broad SMARTS) is 1. The summed E-state index contributed by atoms with van der Waals surface area (Å²) in [6, 6.07) is 4.91. The molecule has 0 saturated carbocycles. The van der Waals surface area contributed by atoms with Gasteiger partial charge in [0.25, 0.3) is 0 Å². The van der Waals surface area contributed by atoms with Crippen LogP contribution in [0.4, 0.5) is 4.79 Å². The molecular formula is C12H15Cl2NO4. The van der Waals surface area contributed by atoms with Gasteiger partial charge in [0, 0.05) is 12.7 Å². The van der Waals surface area contributed by atoms with Crippen LogP contribution < -0.4 is 5.32 Å². The summed E-state index contributed by atoms with van der Waals surface area (Å²) in [5, 5.41) is 12.0. The highest BCUT2D eigenvalue weighted by Crippen LogP contribution is 2.37. The first-order chi connectivity index (χ1) is 8.96. The minimum Gasteiger partial charge on any atom is -0.465 e. The number of ether oxygens (including phenoxy) is 2. The molecule has 0 unspecified atom stereocenters. The molecule has 2 N–H and O–H groups in total. The smallest absolute Gasteiger partial charge is 0.407 e. The molecule has 0 aliphatic carbocycles. The maximum absolute atomic E-state index is 11.0. The maximum atomic E-state index is 11.0. The fraction of sp³-hybridized carbons (Fsp3) is 0.417. The van der Waals surface area contributed by atoms with Gasteiger partial charge in [-0.05, 0) is 18.6 Å². The number of hydrogen-bond acceptors (Lipinski definition) is 3. The zero-order valence-corrected chi connectivity index (χ0v) is 12.1. The van der Waals surface area contributed by atoms with Crippen LogP contribution in [0.15, 0.2) is 18.2 Å². The summed E-state index contributed by atoms with van der Waals surface area (Å²) in [5.41, 5.74) is -0.975. The third-order valence-electron chi connectivity index (χ3n) is 2.60. The van der Waals surface area contributed by atoms with Gasteiger partial charge in [-0.1, -0.05) is 36.2 Å². The van der Waals surface area contributed by atoms with Crippen molar-refractivity contribution < 1.29 is 19.4 Å². The molecule has 0 aliphatic heterocycles. The minimum absolute atomic E-state index is 0.102. The first-order valence-electron chi connectivity index (χ1n) is 5.55. The first-order valence-corrected chi connectivity index (χ1v) is 6.31. The molecule has 0 fully saturated rings. The molecule has 19 heavy (non-hydrogen) atoms. The van der Waals surface area contributed by atoms with E-state index in [-0.39, 0.29) is 6.79 Å². The van der Waals surface area contributed by atoms with Gasteiger partial charge in [-0.15, -0.1) is 0 Å². The summed E-state index contributed by atoms with van der Waals surface area (Å²) in [6.45, 7) is 1.65. The second-order valence-corrected chi connectivity index (χ2v) is 4.57. The molecular weight excluding hydrogens is 293 g/mol. The van der Waals surface area contributed by atoms with E-state index in [4.69, 9.17) is 37.8 Å². The Bertz CT molecular complexity index is 435. The average Bonchev–Trinajstić information content (AvgIpc) is 2.34. The fourth-order valence-corrected chi connectivity index (χ4v) is 2.46. The number of halogens is 2. The van der Waals surface area contributed by atoms with Crippen LogP contribution in [0.1, 0.15) is 18.9 Å². The number of carbonyl (C=O) groups is 1. The van der Waals surface area contributed by atoms with E-state index < -0.39 is 11.8 Å². The van der Waals surface area contributed by atoms with Crippen LogP contribution in [0.2, 0.25) is 10.0 Å². The van der Waals surface area contributed by atoms with Gasteiger partial charge < -0.3 is 14.6 Å². The van der Waals surface area contributed by atoms with Crippen molar-refractivity contribution in [3.05, 3.63) is 33.8 Å². The Morgan fingerprint density at radius 3 is 2.42 bits per heavy atom. The molecule has 0 aliphatic rings. The number of methoxy groups -OCH3 is 1. The molecule has 5 nitrogen and oxygen atoms in total. The molecule has 1 rings (SSSR count). The molecule has 1 amide bonds. The summed E-state index contributed by atoms with van der Waals surface area (Å²) in [6.07, 6.45) is -0.944. The van der Waals surface area contributed by atoms with E-state index in [1.54, 1.807) is 25.1 Å². The first kappa shape index (κ1) is 16.0. The van der Waals surface area contributed by atoms with Crippen molar-refractivity contribution in [3.63, 3.8) is 0 Å². The third kappa shape index (κ3) is 3.73. The van der Waals surface area contributed by atoms with Crippen LogP contribution in [-0.2, 0) is 15.2 Å². The molecule has 0 saturated heterocycles. The highest BCUT2D eigenvalue weighted by molar-refractivity contribution is 6.36. The predicted octanol–water partition coefficient (Wildman–Crippen LogP) is 3.44. The van der Waals surface area contributed by atoms with Crippen LogP contribution in [0.25, 0.3) is 0 Å². The number of benzene rings is 1. The lowest BCUT2D eigenvalue weighted by Gasteiger charge is -2.34. The predicted molar refractivity (Wildman–Crippen MR) is 72.6 cm³/mol. The summed E-state index contributed by atoms with van der Waals surface area (Å²) < 4.78 is 10.3. The maximum Gasteiger partial charge on any atom is 0.407 e. The van der Waals surface area contributed by atoms with E-state index in [9.17, 15) is 4.79 Å². The summed E-state index contributed by atoms with van der Waals surface area (Å²) in [4.78, 5) is 11.0. The van der Waals surface area contributed by atoms with Gasteiger partial charge in [0.15, 0.2) is 5.72 Å². The highest BCUT2D eigenvalue weighted by atomic mass is 35.5. The summed E-state index contributed by atoms with van der Waals surface area (Å²) in [7, 11) is 1.44. The van der Waals surface area contributed by atoms with E-state index in [0.29, 0.717) is 22.0 Å². The Morgan fingerprint density at radius 1 is 1.42 bits per heavy atom. The van der Waals surface area contributed by atoms with E-state index in [1.165, 1.54) is 7.11 Å². The largest absolute Gasteiger partial charge is 0.465 e. The normalized spacial score (nSPS) is 13.9. The summed E-state index contributed by atoms with van der Waals surface area (Å²) in [5.74, 6) is 0.